The van der Waals surface area contributed by atoms with Crippen LogP contribution in [0.2, 0.25) is 10.0 Å². The van der Waals surface area contributed by atoms with Crippen molar-refractivity contribution in [2.45, 2.75) is 26.2 Å². The molecule has 2 aromatic heterocycles. The SMILES string of the molecule is CC(C)(C)c1cc(NC(=O)c2cc(Cl)cc(Cl)c2)n(-c2ncccn2)n1. The molecule has 26 heavy (non-hydrogen) atoms. The smallest absolute Gasteiger partial charge is 0.256 e. The lowest BCUT2D eigenvalue weighted by molar-refractivity contribution is 0.102. The van der Waals surface area contributed by atoms with Gasteiger partial charge < -0.3 is 5.32 Å². The van der Waals surface area contributed by atoms with E-state index >= 15 is 0 Å². The Labute approximate surface area is 161 Å². The van der Waals surface area contributed by atoms with Crippen LogP contribution in [0.15, 0.2) is 42.7 Å². The van der Waals surface area contributed by atoms with Gasteiger partial charge in [-0.05, 0) is 24.3 Å². The minimum Gasteiger partial charge on any atom is -0.306 e. The highest BCUT2D eigenvalue weighted by molar-refractivity contribution is 6.35. The number of hydrogen-bond acceptors (Lipinski definition) is 4. The molecule has 3 aromatic rings. The van der Waals surface area contributed by atoms with Gasteiger partial charge in [-0.2, -0.15) is 9.78 Å². The number of anilines is 1. The van der Waals surface area contributed by atoms with E-state index in [4.69, 9.17) is 23.2 Å². The fraction of sp³-hybridized carbons (Fsp3) is 0.222. The molecule has 0 aliphatic heterocycles. The van der Waals surface area contributed by atoms with Crippen LogP contribution < -0.4 is 5.32 Å². The number of amides is 1. The van der Waals surface area contributed by atoms with E-state index in [9.17, 15) is 4.79 Å². The average Bonchev–Trinajstić information content (AvgIpc) is 2.99. The molecule has 0 bridgehead atoms. The predicted molar refractivity (Wildman–Crippen MR) is 102 cm³/mol. The molecule has 0 saturated carbocycles. The van der Waals surface area contributed by atoms with Gasteiger partial charge in [0.15, 0.2) is 0 Å². The Morgan fingerprint density at radius 1 is 1.04 bits per heavy atom. The average molecular weight is 390 g/mol. The van der Waals surface area contributed by atoms with Crippen molar-refractivity contribution in [3.63, 3.8) is 0 Å². The lowest BCUT2D eigenvalue weighted by Crippen LogP contribution is -2.16. The molecule has 3 rings (SSSR count). The van der Waals surface area contributed by atoms with Crippen molar-refractivity contribution in [2.75, 3.05) is 5.32 Å². The molecule has 1 N–H and O–H groups in total. The molecule has 0 fully saturated rings. The van der Waals surface area contributed by atoms with Crippen LogP contribution in [0.5, 0.6) is 0 Å². The predicted octanol–water partition coefficient (Wildman–Crippen LogP) is 4.52. The van der Waals surface area contributed by atoms with Crippen LogP contribution in [0, 0.1) is 0 Å². The van der Waals surface area contributed by atoms with Crippen LogP contribution in [0.3, 0.4) is 0 Å². The minimum atomic E-state index is -0.355. The van der Waals surface area contributed by atoms with E-state index in [1.807, 2.05) is 20.8 Å². The first kappa shape index (κ1) is 18.4. The van der Waals surface area contributed by atoms with E-state index in [2.05, 4.69) is 20.4 Å². The molecular formula is C18H17Cl2N5O. The number of carbonyl (C=O) groups excluding carboxylic acids is 1. The summed E-state index contributed by atoms with van der Waals surface area (Å²) in [6, 6.07) is 8.18. The maximum Gasteiger partial charge on any atom is 0.256 e. The van der Waals surface area contributed by atoms with E-state index in [-0.39, 0.29) is 11.3 Å². The van der Waals surface area contributed by atoms with Gasteiger partial charge in [0.1, 0.15) is 5.82 Å². The van der Waals surface area contributed by atoms with E-state index in [0.717, 1.165) is 5.69 Å². The number of rotatable bonds is 3. The number of benzene rings is 1. The van der Waals surface area contributed by atoms with E-state index in [1.165, 1.54) is 4.68 Å². The summed E-state index contributed by atoms with van der Waals surface area (Å²) in [5.41, 5.74) is 0.935. The molecule has 0 atom stereocenters. The normalized spacial score (nSPS) is 11.4. The quantitative estimate of drug-likeness (QED) is 0.714. The van der Waals surface area contributed by atoms with Crippen molar-refractivity contribution in [3.8, 4) is 5.95 Å². The minimum absolute atomic E-state index is 0.209. The summed E-state index contributed by atoms with van der Waals surface area (Å²) in [5, 5.41) is 8.17. The Balaban J connectivity index is 2.01. The molecule has 134 valence electrons. The fourth-order valence-corrected chi connectivity index (χ4v) is 2.79. The number of nitrogens with one attached hydrogen (secondary N) is 1. The van der Waals surface area contributed by atoms with E-state index < -0.39 is 0 Å². The van der Waals surface area contributed by atoms with Gasteiger partial charge in [0.25, 0.3) is 11.9 Å². The lowest BCUT2D eigenvalue weighted by Gasteiger charge is -2.13. The van der Waals surface area contributed by atoms with Crippen LogP contribution in [-0.2, 0) is 5.41 Å². The Morgan fingerprint density at radius 2 is 1.65 bits per heavy atom. The van der Waals surface area contributed by atoms with Crippen molar-refractivity contribution in [1.82, 2.24) is 19.7 Å². The van der Waals surface area contributed by atoms with Crippen molar-refractivity contribution >= 4 is 34.9 Å². The second-order valence-corrected chi connectivity index (χ2v) is 7.61. The monoisotopic (exact) mass is 389 g/mol. The zero-order valence-corrected chi connectivity index (χ0v) is 16.0. The van der Waals surface area contributed by atoms with Crippen LogP contribution >= 0.6 is 23.2 Å². The van der Waals surface area contributed by atoms with E-state index in [1.54, 1.807) is 42.7 Å². The van der Waals surface area contributed by atoms with Crippen molar-refractivity contribution < 1.29 is 4.79 Å². The van der Waals surface area contributed by atoms with Gasteiger partial charge in [0.2, 0.25) is 0 Å². The number of aromatic nitrogens is 4. The number of carbonyl (C=O) groups is 1. The molecule has 0 radical (unpaired) electrons. The first-order valence-corrected chi connectivity index (χ1v) is 8.65. The first-order chi connectivity index (χ1) is 12.2. The maximum absolute atomic E-state index is 12.7. The number of halogens is 2. The summed E-state index contributed by atoms with van der Waals surface area (Å²) in [6.07, 6.45) is 3.23. The molecule has 0 aliphatic rings. The number of nitrogens with zero attached hydrogens (tertiary/aromatic N) is 4. The molecule has 8 heteroatoms. The van der Waals surface area contributed by atoms with Gasteiger partial charge in [-0.25, -0.2) is 9.97 Å². The standard InChI is InChI=1S/C18H17Cl2N5O/c1-18(2,3)14-10-15(25(24-14)17-21-5-4-6-22-17)23-16(26)11-7-12(19)9-13(20)8-11/h4-10H,1-3H3,(H,23,26). The van der Waals surface area contributed by atoms with Crippen LogP contribution in [0.25, 0.3) is 5.95 Å². The molecule has 1 aromatic carbocycles. The Morgan fingerprint density at radius 3 is 2.23 bits per heavy atom. The molecule has 0 saturated heterocycles. The summed E-state index contributed by atoms with van der Waals surface area (Å²) >= 11 is 12.0. The zero-order valence-electron chi connectivity index (χ0n) is 14.5. The second kappa shape index (κ2) is 7.05. The lowest BCUT2D eigenvalue weighted by atomic mass is 9.92. The highest BCUT2D eigenvalue weighted by Crippen LogP contribution is 2.26. The maximum atomic E-state index is 12.7. The largest absolute Gasteiger partial charge is 0.306 e. The van der Waals surface area contributed by atoms with Crippen molar-refractivity contribution in [3.05, 3.63) is 64.0 Å². The Kier molecular flexibility index (Phi) is 4.98. The number of hydrogen-bond donors (Lipinski definition) is 1. The molecule has 0 unspecified atom stereocenters. The highest BCUT2D eigenvalue weighted by atomic mass is 35.5. The van der Waals surface area contributed by atoms with Crippen molar-refractivity contribution in [2.24, 2.45) is 0 Å². The summed E-state index contributed by atoms with van der Waals surface area (Å²) in [4.78, 5) is 21.1. The van der Waals surface area contributed by atoms with Gasteiger partial charge in [0.05, 0.1) is 5.69 Å². The van der Waals surface area contributed by atoms with Crippen LogP contribution in [-0.4, -0.2) is 25.7 Å². The Hall–Kier alpha value is -2.44. The van der Waals surface area contributed by atoms with Crippen molar-refractivity contribution in [1.29, 1.82) is 0 Å². The molecular weight excluding hydrogens is 373 g/mol. The third kappa shape index (κ3) is 4.03. The van der Waals surface area contributed by atoms with Gasteiger partial charge in [-0.3, -0.25) is 4.79 Å². The molecule has 6 nitrogen and oxygen atoms in total. The molecule has 0 aliphatic carbocycles. The van der Waals surface area contributed by atoms with Gasteiger partial charge in [-0.1, -0.05) is 44.0 Å². The molecule has 2 heterocycles. The first-order valence-electron chi connectivity index (χ1n) is 7.89. The van der Waals surface area contributed by atoms with Gasteiger partial charge >= 0.3 is 0 Å². The molecule has 0 spiro atoms. The molecule has 1 amide bonds. The highest BCUT2D eigenvalue weighted by Gasteiger charge is 2.22. The second-order valence-electron chi connectivity index (χ2n) is 6.74. The summed E-state index contributed by atoms with van der Waals surface area (Å²) in [7, 11) is 0. The zero-order chi connectivity index (χ0) is 18.9. The van der Waals surface area contributed by atoms with Gasteiger partial charge in [0, 0.05) is 39.5 Å². The fourth-order valence-electron chi connectivity index (χ4n) is 2.26. The third-order valence-corrected chi connectivity index (χ3v) is 4.02. The summed E-state index contributed by atoms with van der Waals surface area (Å²) in [6.45, 7) is 6.11. The van der Waals surface area contributed by atoms with E-state index in [0.29, 0.717) is 27.4 Å². The topological polar surface area (TPSA) is 72.7 Å². The summed E-state index contributed by atoms with van der Waals surface area (Å²) in [5.74, 6) is 0.469. The van der Waals surface area contributed by atoms with Crippen LogP contribution in [0.4, 0.5) is 5.82 Å². The summed E-state index contributed by atoms with van der Waals surface area (Å²) < 4.78 is 1.50. The van der Waals surface area contributed by atoms with Gasteiger partial charge in [-0.15, -0.1) is 0 Å². The van der Waals surface area contributed by atoms with Crippen LogP contribution in [0.1, 0.15) is 36.8 Å². The Bertz CT molecular complexity index is 928. The third-order valence-electron chi connectivity index (χ3n) is 3.59.